The topological polar surface area (TPSA) is 49.9 Å². The number of benzene rings is 2. The minimum Gasteiger partial charge on any atom is -0.497 e. The van der Waals surface area contributed by atoms with Gasteiger partial charge >= 0.3 is 0 Å². The Morgan fingerprint density at radius 3 is 2.64 bits per heavy atom. The molecule has 28 heavy (non-hydrogen) atoms. The molecule has 0 N–H and O–H groups in total. The minimum absolute atomic E-state index is 0.0161. The highest BCUT2D eigenvalue weighted by molar-refractivity contribution is 9.10. The summed E-state index contributed by atoms with van der Waals surface area (Å²) in [5.41, 5.74) is 2.07. The van der Waals surface area contributed by atoms with Gasteiger partial charge in [-0.1, -0.05) is 34.1 Å². The van der Waals surface area contributed by atoms with Crippen molar-refractivity contribution in [2.75, 3.05) is 31.6 Å². The molecule has 2 aromatic rings. The van der Waals surface area contributed by atoms with Crippen molar-refractivity contribution in [1.82, 2.24) is 4.90 Å². The van der Waals surface area contributed by atoms with Gasteiger partial charge in [-0.2, -0.15) is 0 Å². The van der Waals surface area contributed by atoms with E-state index in [1.54, 1.807) is 12.0 Å². The van der Waals surface area contributed by atoms with Crippen LogP contribution in [0.2, 0.25) is 0 Å². The predicted molar refractivity (Wildman–Crippen MR) is 112 cm³/mol. The number of hydrogen-bond acceptors (Lipinski definition) is 3. The van der Waals surface area contributed by atoms with Crippen LogP contribution in [0.5, 0.6) is 5.75 Å². The van der Waals surface area contributed by atoms with Gasteiger partial charge in [0.25, 0.3) is 0 Å². The van der Waals surface area contributed by atoms with Gasteiger partial charge in [0.05, 0.1) is 13.0 Å². The molecule has 0 bridgehead atoms. The van der Waals surface area contributed by atoms with E-state index in [-0.39, 0.29) is 24.2 Å². The Kier molecular flexibility index (Phi) is 5.40. The zero-order chi connectivity index (χ0) is 19.7. The third kappa shape index (κ3) is 3.78. The molecule has 2 aliphatic heterocycles. The summed E-state index contributed by atoms with van der Waals surface area (Å²) in [6.45, 7) is 1.92. The third-order valence-corrected chi connectivity index (χ3v) is 6.17. The molecule has 6 heteroatoms. The summed E-state index contributed by atoms with van der Waals surface area (Å²) in [6.07, 6.45) is 1.24. The van der Waals surface area contributed by atoms with Crippen LogP contribution in [0.4, 0.5) is 5.69 Å². The van der Waals surface area contributed by atoms with E-state index in [0.29, 0.717) is 19.0 Å². The van der Waals surface area contributed by atoms with Crippen LogP contribution in [-0.2, 0) is 9.59 Å². The number of hydrogen-bond donors (Lipinski definition) is 0. The van der Waals surface area contributed by atoms with Gasteiger partial charge < -0.3 is 14.5 Å². The summed E-state index contributed by atoms with van der Waals surface area (Å²) < 4.78 is 6.14. The van der Waals surface area contributed by atoms with E-state index in [2.05, 4.69) is 28.1 Å². The normalized spacial score (nSPS) is 22.0. The average Bonchev–Trinajstić information content (AvgIpc) is 3.35. The third-order valence-electron chi connectivity index (χ3n) is 5.68. The number of halogens is 1. The van der Waals surface area contributed by atoms with E-state index in [0.717, 1.165) is 28.9 Å². The van der Waals surface area contributed by atoms with Gasteiger partial charge in [0.15, 0.2) is 0 Å². The Balaban J connectivity index is 1.40. The number of nitrogens with zero attached hydrogens (tertiary/aromatic N) is 2. The van der Waals surface area contributed by atoms with E-state index in [9.17, 15) is 9.59 Å². The van der Waals surface area contributed by atoms with Gasteiger partial charge in [-0.05, 0) is 42.3 Å². The van der Waals surface area contributed by atoms with Crippen molar-refractivity contribution in [3.8, 4) is 5.75 Å². The molecule has 0 radical (unpaired) electrons. The molecule has 4 rings (SSSR count). The van der Waals surface area contributed by atoms with Crippen molar-refractivity contribution in [3.05, 3.63) is 58.6 Å². The first-order valence-electron chi connectivity index (χ1n) is 9.54. The number of ether oxygens (including phenoxy) is 1. The lowest BCUT2D eigenvalue weighted by atomic mass is 9.98. The lowest BCUT2D eigenvalue weighted by Crippen LogP contribution is -2.35. The number of amides is 2. The summed E-state index contributed by atoms with van der Waals surface area (Å²) in [5, 5.41) is 0. The lowest BCUT2D eigenvalue weighted by Gasteiger charge is -2.21. The SMILES string of the molecule is COc1ccc(C2CCN(C(=O)C3CC(=O)N(c4cccc(Br)c4)C3)C2)cc1. The molecule has 2 amide bonds. The van der Waals surface area contributed by atoms with E-state index >= 15 is 0 Å². The van der Waals surface area contributed by atoms with E-state index in [1.165, 1.54) is 5.56 Å². The van der Waals surface area contributed by atoms with Crippen LogP contribution in [0.15, 0.2) is 53.0 Å². The zero-order valence-corrected chi connectivity index (χ0v) is 17.4. The van der Waals surface area contributed by atoms with Crippen LogP contribution < -0.4 is 9.64 Å². The van der Waals surface area contributed by atoms with Crippen molar-refractivity contribution in [1.29, 1.82) is 0 Å². The molecule has 2 aromatic carbocycles. The highest BCUT2D eigenvalue weighted by Gasteiger charge is 2.39. The first-order valence-corrected chi connectivity index (χ1v) is 10.3. The number of likely N-dealkylation sites (tertiary alicyclic amines) is 1. The standard InChI is InChI=1S/C22H23BrN2O3/c1-28-20-7-5-15(6-8-20)16-9-10-24(13-16)22(27)17-11-21(26)25(14-17)19-4-2-3-18(23)12-19/h2-8,12,16-17H,9-11,13-14H2,1H3. The lowest BCUT2D eigenvalue weighted by molar-refractivity contribution is -0.134. The Morgan fingerprint density at radius 1 is 1.14 bits per heavy atom. The van der Waals surface area contributed by atoms with Crippen molar-refractivity contribution >= 4 is 33.4 Å². The molecule has 0 saturated carbocycles. The Hall–Kier alpha value is -2.34. The minimum atomic E-state index is -0.263. The Bertz CT molecular complexity index is 884. The van der Waals surface area contributed by atoms with Gasteiger partial charge in [0.2, 0.25) is 11.8 Å². The van der Waals surface area contributed by atoms with Crippen molar-refractivity contribution in [2.24, 2.45) is 5.92 Å². The zero-order valence-electron chi connectivity index (χ0n) is 15.8. The Morgan fingerprint density at radius 2 is 1.93 bits per heavy atom. The van der Waals surface area contributed by atoms with Gasteiger partial charge in [0, 0.05) is 42.1 Å². The van der Waals surface area contributed by atoms with Crippen LogP contribution >= 0.6 is 15.9 Å². The maximum absolute atomic E-state index is 13.0. The van der Waals surface area contributed by atoms with Crippen LogP contribution in [0.1, 0.15) is 24.3 Å². The summed E-state index contributed by atoms with van der Waals surface area (Å²) in [7, 11) is 1.66. The highest BCUT2D eigenvalue weighted by atomic mass is 79.9. The quantitative estimate of drug-likeness (QED) is 0.722. The van der Waals surface area contributed by atoms with E-state index < -0.39 is 0 Å². The van der Waals surface area contributed by atoms with Crippen molar-refractivity contribution in [3.63, 3.8) is 0 Å². The molecule has 2 saturated heterocycles. The second-order valence-electron chi connectivity index (χ2n) is 7.43. The summed E-state index contributed by atoms with van der Waals surface area (Å²) in [4.78, 5) is 29.2. The predicted octanol–water partition coefficient (Wildman–Crippen LogP) is 3.83. The summed E-state index contributed by atoms with van der Waals surface area (Å²) in [5.74, 6) is 1.03. The largest absolute Gasteiger partial charge is 0.497 e. The highest BCUT2D eigenvalue weighted by Crippen LogP contribution is 2.32. The molecule has 0 aliphatic carbocycles. The molecule has 2 aliphatic rings. The van der Waals surface area contributed by atoms with E-state index in [4.69, 9.17) is 4.74 Å². The molecule has 2 fully saturated rings. The fourth-order valence-corrected chi connectivity index (χ4v) is 4.52. The van der Waals surface area contributed by atoms with Gasteiger partial charge in [-0.15, -0.1) is 0 Å². The van der Waals surface area contributed by atoms with Crippen molar-refractivity contribution in [2.45, 2.75) is 18.8 Å². The maximum atomic E-state index is 13.0. The van der Waals surface area contributed by atoms with E-state index in [1.807, 2.05) is 41.3 Å². The first-order chi connectivity index (χ1) is 13.5. The summed E-state index contributed by atoms with van der Waals surface area (Å²) in [6, 6.07) is 15.7. The molecule has 2 heterocycles. The van der Waals surface area contributed by atoms with Crippen LogP contribution in [-0.4, -0.2) is 43.5 Å². The molecule has 146 valence electrons. The first kappa shape index (κ1) is 19.0. The second kappa shape index (κ2) is 7.95. The molecule has 0 spiro atoms. The fraction of sp³-hybridized carbons (Fsp3) is 0.364. The smallest absolute Gasteiger partial charge is 0.228 e. The number of anilines is 1. The van der Waals surface area contributed by atoms with Crippen LogP contribution in [0.25, 0.3) is 0 Å². The molecule has 0 aromatic heterocycles. The summed E-state index contributed by atoms with van der Waals surface area (Å²) >= 11 is 3.44. The molecule has 5 nitrogen and oxygen atoms in total. The number of methoxy groups -OCH3 is 1. The van der Waals surface area contributed by atoms with Crippen LogP contribution in [0.3, 0.4) is 0 Å². The molecule has 2 atom stereocenters. The Labute approximate surface area is 173 Å². The number of carbonyl (C=O) groups is 2. The average molecular weight is 443 g/mol. The maximum Gasteiger partial charge on any atom is 0.228 e. The fourth-order valence-electron chi connectivity index (χ4n) is 4.13. The number of rotatable bonds is 4. The molecule has 2 unspecified atom stereocenters. The van der Waals surface area contributed by atoms with Crippen LogP contribution in [0, 0.1) is 5.92 Å². The second-order valence-corrected chi connectivity index (χ2v) is 8.34. The van der Waals surface area contributed by atoms with Crippen molar-refractivity contribution < 1.29 is 14.3 Å². The molecular weight excluding hydrogens is 420 g/mol. The number of carbonyl (C=O) groups excluding carboxylic acids is 2. The molecular formula is C22H23BrN2O3. The van der Waals surface area contributed by atoms with Gasteiger partial charge in [-0.3, -0.25) is 9.59 Å². The van der Waals surface area contributed by atoms with Gasteiger partial charge in [-0.25, -0.2) is 0 Å². The van der Waals surface area contributed by atoms with Gasteiger partial charge in [0.1, 0.15) is 5.75 Å². The monoisotopic (exact) mass is 442 g/mol.